The van der Waals surface area contributed by atoms with Gasteiger partial charge >= 0.3 is 5.97 Å². The van der Waals surface area contributed by atoms with Crippen molar-refractivity contribution in [2.75, 3.05) is 0 Å². The van der Waals surface area contributed by atoms with Crippen molar-refractivity contribution >= 4 is 5.97 Å². The molecule has 0 N–H and O–H groups in total. The fraction of sp³-hybridized carbons (Fsp3) is 0.909. The van der Waals surface area contributed by atoms with E-state index in [1.54, 1.807) is 0 Å². The SMILES string of the molecule is CCC1CCC[C@@]2(CCC(=O)O2)C1. The third-order valence-electron chi connectivity index (χ3n) is 3.60. The molecule has 1 spiro atoms. The molecule has 1 unspecified atom stereocenters. The molecule has 0 amide bonds. The first-order valence-electron chi connectivity index (χ1n) is 5.46. The van der Waals surface area contributed by atoms with Gasteiger partial charge in [-0.05, 0) is 31.6 Å². The molecule has 2 fully saturated rings. The van der Waals surface area contributed by atoms with E-state index >= 15 is 0 Å². The molecule has 2 heteroatoms. The fourth-order valence-corrected chi connectivity index (χ4v) is 2.78. The van der Waals surface area contributed by atoms with E-state index in [0.717, 1.165) is 25.2 Å². The summed E-state index contributed by atoms with van der Waals surface area (Å²) in [4.78, 5) is 11.1. The second-order valence-corrected chi connectivity index (χ2v) is 4.53. The molecule has 2 atom stereocenters. The lowest BCUT2D eigenvalue weighted by Crippen LogP contribution is -2.34. The van der Waals surface area contributed by atoms with Gasteiger partial charge in [0.2, 0.25) is 0 Å². The molecule has 0 aromatic heterocycles. The highest BCUT2D eigenvalue weighted by atomic mass is 16.6. The summed E-state index contributed by atoms with van der Waals surface area (Å²) in [5, 5.41) is 0. The molecule has 1 saturated carbocycles. The molecule has 1 aliphatic carbocycles. The van der Waals surface area contributed by atoms with Crippen LogP contribution in [0.5, 0.6) is 0 Å². The van der Waals surface area contributed by atoms with Crippen molar-refractivity contribution in [2.24, 2.45) is 5.92 Å². The first kappa shape index (κ1) is 9.04. The molecule has 1 saturated heterocycles. The van der Waals surface area contributed by atoms with Crippen LogP contribution in [0.2, 0.25) is 0 Å². The first-order valence-corrected chi connectivity index (χ1v) is 5.46. The van der Waals surface area contributed by atoms with Crippen molar-refractivity contribution in [3.05, 3.63) is 0 Å². The van der Waals surface area contributed by atoms with E-state index in [-0.39, 0.29) is 11.6 Å². The first-order chi connectivity index (χ1) is 6.24. The summed E-state index contributed by atoms with van der Waals surface area (Å²) in [7, 11) is 0. The molecule has 1 aliphatic heterocycles. The van der Waals surface area contributed by atoms with E-state index in [4.69, 9.17) is 4.74 Å². The minimum absolute atomic E-state index is 0.0248. The minimum Gasteiger partial charge on any atom is -0.459 e. The lowest BCUT2D eigenvalue weighted by atomic mass is 9.76. The highest BCUT2D eigenvalue weighted by molar-refractivity contribution is 5.72. The fourth-order valence-electron chi connectivity index (χ4n) is 2.78. The Morgan fingerprint density at radius 1 is 1.54 bits per heavy atom. The molecular formula is C11H18O2. The molecule has 2 rings (SSSR count). The predicted octanol–water partition coefficient (Wildman–Crippen LogP) is 2.66. The van der Waals surface area contributed by atoms with Crippen molar-refractivity contribution in [1.82, 2.24) is 0 Å². The molecule has 0 aromatic rings. The van der Waals surface area contributed by atoms with Gasteiger partial charge in [-0.25, -0.2) is 0 Å². The number of carbonyl (C=O) groups is 1. The predicted molar refractivity (Wildman–Crippen MR) is 50.3 cm³/mol. The third kappa shape index (κ3) is 1.72. The maximum Gasteiger partial charge on any atom is 0.306 e. The smallest absolute Gasteiger partial charge is 0.306 e. The largest absolute Gasteiger partial charge is 0.459 e. The molecule has 0 radical (unpaired) electrons. The maximum atomic E-state index is 11.1. The molecule has 0 aromatic carbocycles. The normalized spacial score (nSPS) is 39.5. The van der Waals surface area contributed by atoms with E-state index in [2.05, 4.69) is 6.92 Å². The van der Waals surface area contributed by atoms with Gasteiger partial charge in [-0.3, -0.25) is 4.79 Å². The van der Waals surface area contributed by atoms with Crippen LogP contribution in [0.3, 0.4) is 0 Å². The van der Waals surface area contributed by atoms with Gasteiger partial charge < -0.3 is 4.74 Å². The third-order valence-corrected chi connectivity index (χ3v) is 3.60. The minimum atomic E-state index is -0.0317. The van der Waals surface area contributed by atoms with Crippen LogP contribution < -0.4 is 0 Å². The Morgan fingerprint density at radius 3 is 3.00 bits per heavy atom. The van der Waals surface area contributed by atoms with Crippen LogP contribution in [0.15, 0.2) is 0 Å². The van der Waals surface area contributed by atoms with E-state index < -0.39 is 0 Å². The molecule has 74 valence electrons. The Labute approximate surface area is 79.7 Å². The second-order valence-electron chi connectivity index (χ2n) is 4.53. The Morgan fingerprint density at radius 2 is 2.38 bits per heavy atom. The highest BCUT2D eigenvalue weighted by Crippen LogP contribution is 2.43. The van der Waals surface area contributed by atoms with Crippen molar-refractivity contribution in [2.45, 2.75) is 57.5 Å². The Balaban J connectivity index is 2.02. The van der Waals surface area contributed by atoms with Crippen LogP contribution in [-0.4, -0.2) is 11.6 Å². The molecule has 1 heterocycles. The van der Waals surface area contributed by atoms with Gasteiger partial charge in [0.1, 0.15) is 5.60 Å². The number of rotatable bonds is 1. The Bertz CT molecular complexity index is 212. The molecule has 0 bridgehead atoms. The number of esters is 1. The average Bonchev–Trinajstić information content (AvgIpc) is 2.47. The molecule has 2 aliphatic rings. The van der Waals surface area contributed by atoms with Gasteiger partial charge in [0, 0.05) is 6.42 Å². The summed E-state index contributed by atoms with van der Waals surface area (Å²) in [5.74, 6) is 0.816. The van der Waals surface area contributed by atoms with Gasteiger partial charge in [-0.15, -0.1) is 0 Å². The Hall–Kier alpha value is -0.530. The zero-order valence-electron chi connectivity index (χ0n) is 8.34. The second kappa shape index (κ2) is 3.32. The van der Waals surface area contributed by atoms with Gasteiger partial charge in [-0.2, -0.15) is 0 Å². The van der Waals surface area contributed by atoms with E-state index in [9.17, 15) is 4.79 Å². The standard InChI is InChI=1S/C11H18O2/c1-2-9-4-3-6-11(8-9)7-5-10(12)13-11/h9H,2-8H2,1H3/t9?,11-/m1/s1. The topological polar surface area (TPSA) is 26.3 Å². The lowest BCUT2D eigenvalue weighted by molar-refractivity contribution is -0.152. The summed E-state index contributed by atoms with van der Waals surface area (Å²) >= 11 is 0. The van der Waals surface area contributed by atoms with Gasteiger partial charge in [-0.1, -0.05) is 19.8 Å². The van der Waals surface area contributed by atoms with Gasteiger partial charge in [0.15, 0.2) is 0 Å². The van der Waals surface area contributed by atoms with E-state index in [1.165, 1.54) is 19.3 Å². The van der Waals surface area contributed by atoms with Crippen LogP contribution in [0.25, 0.3) is 0 Å². The average molecular weight is 182 g/mol. The molecule has 2 nitrogen and oxygen atoms in total. The van der Waals surface area contributed by atoms with Crippen LogP contribution >= 0.6 is 0 Å². The number of carbonyl (C=O) groups excluding carboxylic acids is 1. The molecular weight excluding hydrogens is 164 g/mol. The van der Waals surface area contributed by atoms with E-state index in [1.807, 2.05) is 0 Å². The monoisotopic (exact) mass is 182 g/mol. The quantitative estimate of drug-likeness (QED) is 0.583. The zero-order chi connectivity index (χ0) is 9.31. The van der Waals surface area contributed by atoms with Crippen LogP contribution in [-0.2, 0) is 9.53 Å². The van der Waals surface area contributed by atoms with Crippen LogP contribution in [0.1, 0.15) is 51.9 Å². The van der Waals surface area contributed by atoms with Gasteiger partial charge in [0.05, 0.1) is 0 Å². The van der Waals surface area contributed by atoms with Crippen LogP contribution in [0.4, 0.5) is 0 Å². The summed E-state index contributed by atoms with van der Waals surface area (Å²) in [6, 6.07) is 0. The van der Waals surface area contributed by atoms with Crippen molar-refractivity contribution in [1.29, 1.82) is 0 Å². The Kier molecular flexibility index (Phi) is 2.31. The summed E-state index contributed by atoms with van der Waals surface area (Å²) in [6.45, 7) is 2.24. The van der Waals surface area contributed by atoms with Crippen molar-refractivity contribution in [3.8, 4) is 0 Å². The molecule has 13 heavy (non-hydrogen) atoms. The maximum absolute atomic E-state index is 11.1. The summed E-state index contributed by atoms with van der Waals surface area (Å²) < 4.78 is 5.48. The highest BCUT2D eigenvalue weighted by Gasteiger charge is 2.43. The van der Waals surface area contributed by atoms with Crippen molar-refractivity contribution < 1.29 is 9.53 Å². The van der Waals surface area contributed by atoms with E-state index in [0.29, 0.717) is 6.42 Å². The zero-order valence-corrected chi connectivity index (χ0v) is 8.34. The lowest BCUT2D eigenvalue weighted by Gasteiger charge is -2.36. The number of hydrogen-bond acceptors (Lipinski definition) is 2. The summed E-state index contributed by atoms with van der Waals surface area (Å²) in [5.41, 5.74) is -0.0317. The summed E-state index contributed by atoms with van der Waals surface area (Å²) in [6.07, 6.45) is 7.66. The number of hydrogen-bond donors (Lipinski definition) is 0. The van der Waals surface area contributed by atoms with Crippen molar-refractivity contribution in [3.63, 3.8) is 0 Å². The van der Waals surface area contributed by atoms with Crippen LogP contribution in [0, 0.1) is 5.92 Å². The number of ether oxygens (including phenoxy) is 1. The van der Waals surface area contributed by atoms with Gasteiger partial charge in [0.25, 0.3) is 0 Å².